The van der Waals surface area contributed by atoms with E-state index < -0.39 is 0 Å². The molecular weight excluding hydrogens is 297 g/mol. The number of benzene rings is 2. The Hall–Kier alpha value is -1.71. The summed E-state index contributed by atoms with van der Waals surface area (Å²) in [4.78, 5) is 0. The second kappa shape index (κ2) is 6.16. The minimum atomic E-state index is 0.0287. The van der Waals surface area contributed by atoms with Crippen LogP contribution >= 0.6 is 23.2 Å². The van der Waals surface area contributed by atoms with Crippen molar-refractivity contribution in [3.8, 4) is 5.75 Å². The minimum Gasteiger partial charge on any atom is -0.507 e. The van der Waals surface area contributed by atoms with Gasteiger partial charge in [-0.1, -0.05) is 41.3 Å². The summed E-state index contributed by atoms with van der Waals surface area (Å²) in [5.74, 6) is 0.0287. The van der Waals surface area contributed by atoms with E-state index >= 15 is 0 Å². The number of rotatable bonds is 3. The zero-order valence-corrected chi connectivity index (χ0v) is 12.3. The fraction of sp³-hybridized carbons (Fsp3) is 0.133. The van der Waals surface area contributed by atoms with Crippen molar-refractivity contribution in [2.75, 3.05) is 0 Å². The van der Waals surface area contributed by atoms with Gasteiger partial charge >= 0.3 is 0 Å². The molecule has 0 aliphatic rings. The van der Waals surface area contributed by atoms with Crippen molar-refractivity contribution < 1.29 is 10.3 Å². The first kappa shape index (κ1) is 14.7. The van der Waals surface area contributed by atoms with Crippen LogP contribution in [-0.4, -0.2) is 16.0 Å². The normalized spacial score (nSPS) is 11.7. The zero-order chi connectivity index (χ0) is 14.7. The van der Waals surface area contributed by atoms with Crippen molar-refractivity contribution in [1.29, 1.82) is 0 Å². The Kier molecular flexibility index (Phi) is 4.53. The Morgan fingerprint density at radius 3 is 2.45 bits per heavy atom. The Morgan fingerprint density at radius 2 is 1.85 bits per heavy atom. The Balaban J connectivity index is 2.58. The molecule has 0 bridgehead atoms. The molecule has 0 aromatic heterocycles. The molecule has 0 fully saturated rings. The maximum Gasteiger partial charge on any atom is 0.125 e. The van der Waals surface area contributed by atoms with Crippen molar-refractivity contribution in [3.05, 3.63) is 63.1 Å². The van der Waals surface area contributed by atoms with Gasteiger partial charge in [0.25, 0.3) is 0 Å². The SMILES string of the molecule is CCc1ccc(O)c(/C(=N/O)c2ccc(Cl)cc2Cl)c1. The molecule has 3 nitrogen and oxygen atoms in total. The molecule has 0 amide bonds. The lowest BCUT2D eigenvalue weighted by atomic mass is 9.98. The third kappa shape index (κ3) is 2.89. The van der Waals surface area contributed by atoms with Crippen LogP contribution in [0.25, 0.3) is 0 Å². The highest BCUT2D eigenvalue weighted by Gasteiger charge is 2.16. The lowest BCUT2D eigenvalue weighted by molar-refractivity contribution is 0.319. The average Bonchev–Trinajstić information content (AvgIpc) is 2.43. The smallest absolute Gasteiger partial charge is 0.125 e. The zero-order valence-electron chi connectivity index (χ0n) is 10.8. The highest BCUT2D eigenvalue weighted by atomic mass is 35.5. The van der Waals surface area contributed by atoms with E-state index in [-0.39, 0.29) is 11.5 Å². The van der Waals surface area contributed by atoms with Gasteiger partial charge < -0.3 is 10.3 Å². The Labute approximate surface area is 127 Å². The second-order valence-corrected chi connectivity index (χ2v) is 5.12. The highest BCUT2D eigenvalue weighted by Crippen LogP contribution is 2.28. The first-order valence-electron chi connectivity index (χ1n) is 6.06. The van der Waals surface area contributed by atoms with Crippen LogP contribution in [0.1, 0.15) is 23.6 Å². The molecule has 2 aromatic rings. The average molecular weight is 310 g/mol. The molecule has 0 aliphatic heterocycles. The first-order chi connectivity index (χ1) is 9.56. The van der Waals surface area contributed by atoms with Crippen molar-refractivity contribution in [1.82, 2.24) is 0 Å². The monoisotopic (exact) mass is 309 g/mol. The molecule has 0 atom stereocenters. The van der Waals surface area contributed by atoms with Crippen LogP contribution < -0.4 is 0 Å². The number of phenols is 1. The first-order valence-corrected chi connectivity index (χ1v) is 6.82. The van der Waals surface area contributed by atoms with Crippen molar-refractivity contribution in [3.63, 3.8) is 0 Å². The fourth-order valence-corrected chi connectivity index (χ4v) is 2.43. The lowest BCUT2D eigenvalue weighted by Crippen LogP contribution is -2.05. The predicted octanol–water partition coefficient (Wildman–Crippen LogP) is 4.49. The van der Waals surface area contributed by atoms with Crippen LogP contribution in [0.3, 0.4) is 0 Å². The summed E-state index contributed by atoms with van der Waals surface area (Å²) in [5.41, 5.74) is 2.15. The number of halogens is 2. The van der Waals surface area contributed by atoms with Gasteiger partial charge in [-0.05, 0) is 42.3 Å². The van der Waals surface area contributed by atoms with Crippen molar-refractivity contribution in [2.45, 2.75) is 13.3 Å². The number of phenolic OH excluding ortho intramolecular Hbond substituents is 1. The number of oxime groups is 1. The molecule has 0 radical (unpaired) electrons. The molecule has 20 heavy (non-hydrogen) atoms. The predicted molar refractivity (Wildman–Crippen MR) is 81.4 cm³/mol. The third-order valence-electron chi connectivity index (χ3n) is 3.01. The Morgan fingerprint density at radius 1 is 1.10 bits per heavy atom. The van der Waals surface area contributed by atoms with E-state index in [0.717, 1.165) is 12.0 Å². The van der Waals surface area contributed by atoms with E-state index in [0.29, 0.717) is 21.2 Å². The summed E-state index contributed by atoms with van der Waals surface area (Å²) in [6.07, 6.45) is 0.806. The van der Waals surface area contributed by atoms with Gasteiger partial charge in [0.2, 0.25) is 0 Å². The molecule has 104 valence electrons. The lowest BCUT2D eigenvalue weighted by Gasteiger charge is -2.10. The molecular formula is C15H13Cl2NO2. The number of hydrogen-bond donors (Lipinski definition) is 2. The maximum atomic E-state index is 9.98. The van der Waals surface area contributed by atoms with Crippen molar-refractivity contribution >= 4 is 28.9 Å². The van der Waals surface area contributed by atoms with Crippen LogP contribution in [0, 0.1) is 0 Å². The summed E-state index contributed by atoms with van der Waals surface area (Å²) in [6, 6.07) is 10.0. The standard InChI is InChI=1S/C15H13Cl2NO2/c1-2-9-3-6-14(19)12(7-9)15(18-20)11-5-4-10(16)8-13(11)17/h3-8,19-20H,2H2,1H3/b18-15+. The van der Waals surface area contributed by atoms with Gasteiger partial charge in [-0.25, -0.2) is 0 Å². The molecule has 0 spiro atoms. The minimum absolute atomic E-state index is 0.0287. The van der Waals surface area contributed by atoms with Gasteiger partial charge in [0.05, 0.1) is 5.02 Å². The number of hydrogen-bond acceptors (Lipinski definition) is 3. The largest absolute Gasteiger partial charge is 0.507 e. The molecule has 2 aromatic carbocycles. The van der Waals surface area contributed by atoms with E-state index in [1.54, 1.807) is 30.3 Å². The Bertz CT molecular complexity index is 669. The molecule has 0 heterocycles. The molecule has 5 heteroatoms. The van der Waals surface area contributed by atoms with Gasteiger partial charge in [-0.3, -0.25) is 0 Å². The summed E-state index contributed by atoms with van der Waals surface area (Å²) in [6.45, 7) is 2.00. The van der Waals surface area contributed by atoms with E-state index in [4.69, 9.17) is 23.2 Å². The summed E-state index contributed by atoms with van der Waals surface area (Å²) in [5, 5.41) is 23.4. The molecule has 2 N–H and O–H groups in total. The quantitative estimate of drug-likeness (QED) is 0.498. The van der Waals surface area contributed by atoms with E-state index in [1.165, 1.54) is 0 Å². The van der Waals surface area contributed by atoms with Crippen LogP contribution in [0.5, 0.6) is 5.75 Å². The van der Waals surface area contributed by atoms with Crippen LogP contribution in [-0.2, 0) is 6.42 Å². The summed E-state index contributed by atoms with van der Waals surface area (Å²) in [7, 11) is 0. The van der Waals surface area contributed by atoms with E-state index in [2.05, 4.69) is 5.16 Å². The summed E-state index contributed by atoms with van der Waals surface area (Å²) >= 11 is 12.0. The van der Waals surface area contributed by atoms with Crippen LogP contribution in [0.15, 0.2) is 41.6 Å². The van der Waals surface area contributed by atoms with Gasteiger partial charge in [-0.15, -0.1) is 0 Å². The number of aromatic hydroxyl groups is 1. The van der Waals surface area contributed by atoms with Gasteiger partial charge in [-0.2, -0.15) is 0 Å². The summed E-state index contributed by atoms with van der Waals surface area (Å²) < 4.78 is 0. The van der Waals surface area contributed by atoms with E-state index in [1.807, 2.05) is 13.0 Å². The van der Waals surface area contributed by atoms with Crippen LogP contribution in [0.2, 0.25) is 10.0 Å². The number of nitrogens with zero attached hydrogens (tertiary/aromatic N) is 1. The molecule has 0 saturated carbocycles. The van der Waals surface area contributed by atoms with Crippen molar-refractivity contribution in [2.24, 2.45) is 5.16 Å². The molecule has 2 rings (SSSR count). The van der Waals surface area contributed by atoms with Gasteiger partial charge in [0.15, 0.2) is 0 Å². The molecule has 0 aliphatic carbocycles. The highest BCUT2D eigenvalue weighted by molar-refractivity contribution is 6.38. The van der Waals surface area contributed by atoms with Gasteiger partial charge in [0, 0.05) is 16.1 Å². The molecule has 0 saturated heterocycles. The van der Waals surface area contributed by atoms with Crippen LogP contribution in [0.4, 0.5) is 0 Å². The van der Waals surface area contributed by atoms with Gasteiger partial charge in [0.1, 0.15) is 11.5 Å². The number of aryl methyl sites for hydroxylation is 1. The maximum absolute atomic E-state index is 9.98. The third-order valence-corrected chi connectivity index (χ3v) is 3.56. The van der Waals surface area contributed by atoms with E-state index in [9.17, 15) is 10.3 Å². The topological polar surface area (TPSA) is 52.8 Å². The second-order valence-electron chi connectivity index (χ2n) is 4.28. The fourth-order valence-electron chi connectivity index (χ4n) is 1.93. The molecule has 0 unspecified atom stereocenters.